The highest BCUT2D eigenvalue weighted by molar-refractivity contribution is 6.08. The molecule has 3 heterocycles. The Balaban J connectivity index is 1.80. The van der Waals surface area contributed by atoms with Crippen LogP contribution in [0.15, 0.2) is 48.7 Å². The van der Waals surface area contributed by atoms with Crippen LogP contribution in [0.2, 0.25) is 0 Å². The number of hydrogen-bond donors (Lipinski definition) is 0. The molecule has 0 radical (unpaired) electrons. The smallest absolute Gasteiger partial charge is 0.162 e. The zero-order chi connectivity index (χ0) is 19.1. The van der Waals surface area contributed by atoms with Gasteiger partial charge in [-0.2, -0.15) is 0 Å². The predicted molar refractivity (Wildman–Crippen MR) is 110 cm³/mol. The predicted octanol–water partition coefficient (Wildman–Crippen LogP) is 3.44. The molecule has 4 aromatic rings. The molecule has 28 heavy (non-hydrogen) atoms. The maximum absolute atomic E-state index is 11.2. The summed E-state index contributed by atoms with van der Waals surface area (Å²) >= 11 is 0. The molecule has 2 aromatic carbocycles. The first-order chi connectivity index (χ1) is 13.7. The number of aromatic nitrogens is 3. The molecule has 140 valence electrons. The first-order valence-electron chi connectivity index (χ1n) is 9.39. The van der Waals surface area contributed by atoms with Gasteiger partial charge in [-0.25, -0.2) is 9.97 Å². The van der Waals surface area contributed by atoms with Gasteiger partial charge in [0.1, 0.15) is 12.1 Å². The van der Waals surface area contributed by atoms with Gasteiger partial charge in [0.25, 0.3) is 0 Å². The van der Waals surface area contributed by atoms with Gasteiger partial charge < -0.3 is 14.2 Å². The standard InChI is InChI=1S/C22H20N4O2/c1-25-8-7-17-19(25)6-5-18-20(17)23-21(16-4-2-3-15(13-16)14-27)24-22(18)26-9-11-28-12-10-26/h2-8,13-14H,9-12H2,1H3. The van der Waals surface area contributed by atoms with Crippen LogP contribution < -0.4 is 4.90 Å². The molecule has 1 fully saturated rings. The number of carbonyl (C=O) groups excluding carboxylic acids is 1. The van der Waals surface area contributed by atoms with Gasteiger partial charge in [-0.3, -0.25) is 4.79 Å². The SMILES string of the molecule is Cn1ccc2c3nc(-c4cccc(C=O)c4)nc(N4CCOCC4)c3ccc21. The molecule has 0 aliphatic carbocycles. The molecule has 0 bridgehead atoms. The van der Waals surface area contributed by atoms with Crippen molar-refractivity contribution in [3.63, 3.8) is 0 Å². The van der Waals surface area contributed by atoms with E-state index in [-0.39, 0.29) is 0 Å². The Morgan fingerprint density at radius 3 is 2.71 bits per heavy atom. The zero-order valence-corrected chi connectivity index (χ0v) is 15.6. The van der Waals surface area contributed by atoms with Crippen molar-refractivity contribution >= 4 is 33.9 Å². The lowest BCUT2D eigenvalue weighted by Crippen LogP contribution is -2.37. The van der Waals surface area contributed by atoms with Gasteiger partial charge in [-0.05, 0) is 24.3 Å². The molecule has 1 aliphatic heterocycles. The highest BCUT2D eigenvalue weighted by Crippen LogP contribution is 2.33. The minimum absolute atomic E-state index is 0.618. The van der Waals surface area contributed by atoms with E-state index in [4.69, 9.17) is 14.7 Å². The van der Waals surface area contributed by atoms with Crippen LogP contribution in [0, 0.1) is 0 Å². The lowest BCUT2D eigenvalue weighted by molar-refractivity contribution is 0.112. The van der Waals surface area contributed by atoms with E-state index in [2.05, 4.69) is 27.7 Å². The maximum atomic E-state index is 11.2. The van der Waals surface area contributed by atoms with Gasteiger partial charge >= 0.3 is 0 Å². The number of hydrogen-bond acceptors (Lipinski definition) is 5. The molecule has 5 rings (SSSR count). The molecular weight excluding hydrogens is 352 g/mol. The third-order valence-electron chi connectivity index (χ3n) is 5.30. The second kappa shape index (κ2) is 6.73. The first kappa shape index (κ1) is 16.9. The lowest BCUT2D eigenvalue weighted by Gasteiger charge is -2.29. The summed E-state index contributed by atoms with van der Waals surface area (Å²) in [6, 6.07) is 13.8. The number of morpholine rings is 1. The molecule has 0 atom stereocenters. The monoisotopic (exact) mass is 372 g/mol. The van der Waals surface area contributed by atoms with Gasteiger partial charge in [-0.15, -0.1) is 0 Å². The Morgan fingerprint density at radius 1 is 1.04 bits per heavy atom. The highest BCUT2D eigenvalue weighted by Gasteiger charge is 2.19. The van der Waals surface area contributed by atoms with Gasteiger partial charge in [0.05, 0.1) is 18.7 Å². The number of aldehydes is 1. The number of nitrogens with zero attached hydrogens (tertiary/aromatic N) is 4. The van der Waals surface area contributed by atoms with Gasteiger partial charge in [-0.1, -0.05) is 18.2 Å². The summed E-state index contributed by atoms with van der Waals surface area (Å²) in [5.41, 5.74) is 3.52. The van der Waals surface area contributed by atoms with E-state index in [0.29, 0.717) is 24.6 Å². The average molecular weight is 372 g/mol. The molecule has 0 saturated carbocycles. The Kier molecular flexibility index (Phi) is 4.06. The molecule has 0 N–H and O–H groups in total. The van der Waals surface area contributed by atoms with Crippen LogP contribution in [0.25, 0.3) is 33.2 Å². The normalized spacial score (nSPS) is 14.7. The quantitative estimate of drug-likeness (QED) is 0.516. The second-order valence-electron chi connectivity index (χ2n) is 7.03. The van der Waals surface area contributed by atoms with Crippen molar-refractivity contribution in [2.45, 2.75) is 0 Å². The summed E-state index contributed by atoms with van der Waals surface area (Å²) in [4.78, 5) is 23.3. The fraction of sp³-hybridized carbons (Fsp3) is 0.227. The molecule has 1 saturated heterocycles. The summed E-state index contributed by atoms with van der Waals surface area (Å²) in [5, 5.41) is 2.14. The Bertz CT molecular complexity index is 1190. The first-order valence-corrected chi connectivity index (χ1v) is 9.39. The van der Waals surface area contributed by atoms with Crippen LogP contribution in [-0.2, 0) is 11.8 Å². The minimum Gasteiger partial charge on any atom is -0.378 e. The van der Waals surface area contributed by atoms with Crippen LogP contribution in [0.3, 0.4) is 0 Å². The van der Waals surface area contributed by atoms with E-state index < -0.39 is 0 Å². The van der Waals surface area contributed by atoms with Gasteiger partial charge in [0, 0.05) is 53.8 Å². The molecule has 0 unspecified atom stereocenters. The molecule has 2 aromatic heterocycles. The van der Waals surface area contributed by atoms with Crippen LogP contribution in [-0.4, -0.2) is 47.1 Å². The fourth-order valence-corrected chi connectivity index (χ4v) is 3.82. The van der Waals surface area contributed by atoms with Crippen molar-refractivity contribution in [2.24, 2.45) is 7.05 Å². The van der Waals surface area contributed by atoms with Crippen LogP contribution in [0.4, 0.5) is 5.82 Å². The number of ether oxygens (including phenoxy) is 1. The third-order valence-corrected chi connectivity index (χ3v) is 5.30. The van der Waals surface area contributed by atoms with Crippen molar-refractivity contribution in [1.29, 1.82) is 0 Å². The van der Waals surface area contributed by atoms with E-state index in [1.165, 1.54) is 0 Å². The average Bonchev–Trinajstić information content (AvgIpc) is 3.15. The molecule has 6 nitrogen and oxygen atoms in total. The molecular formula is C22H20N4O2. The summed E-state index contributed by atoms with van der Waals surface area (Å²) in [5.74, 6) is 1.56. The van der Waals surface area contributed by atoms with E-state index in [9.17, 15) is 4.79 Å². The topological polar surface area (TPSA) is 60.2 Å². The minimum atomic E-state index is 0.618. The summed E-state index contributed by atoms with van der Waals surface area (Å²) in [6.45, 7) is 2.98. The van der Waals surface area contributed by atoms with E-state index >= 15 is 0 Å². The van der Waals surface area contributed by atoms with Crippen LogP contribution in [0.5, 0.6) is 0 Å². The van der Waals surface area contributed by atoms with Crippen molar-refractivity contribution in [2.75, 3.05) is 31.2 Å². The van der Waals surface area contributed by atoms with Crippen molar-refractivity contribution in [3.8, 4) is 11.4 Å². The number of aryl methyl sites for hydroxylation is 1. The summed E-state index contributed by atoms with van der Waals surface area (Å²) in [7, 11) is 2.03. The van der Waals surface area contributed by atoms with Crippen molar-refractivity contribution < 1.29 is 9.53 Å². The molecule has 1 aliphatic rings. The van der Waals surface area contributed by atoms with Crippen molar-refractivity contribution in [3.05, 3.63) is 54.2 Å². The molecule has 0 spiro atoms. The van der Waals surface area contributed by atoms with E-state index in [1.54, 1.807) is 6.07 Å². The number of fused-ring (bicyclic) bond motifs is 3. The summed E-state index contributed by atoms with van der Waals surface area (Å²) in [6.07, 6.45) is 2.90. The third kappa shape index (κ3) is 2.73. The second-order valence-corrected chi connectivity index (χ2v) is 7.03. The Labute approximate surface area is 162 Å². The number of anilines is 1. The van der Waals surface area contributed by atoms with E-state index in [1.807, 2.05) is 31.4 Å². The zero-order valence-electron chi connectivity index (χ0n) is 15.6. The lowest BCUT2D eigenvalue weighted by atomic mass is 10.1. The Hall–Kier alpha value is -3.25. The number of benzene rings is 2. The Morgan fingerprint density at radius 2 is 1.89 bits per heavy atom. The number of carbonyl (C=O) groups is 1. The van der Waals surface area contributed by atoms with Gasteiger partial charge in [0.2, 0.25) is 0 Å². The summed E-state index contributed by atoms with van der Waals surface area (Å²) < 4.78 is 7.62. The number of rotatable bonds is 3. The largest absolute Gasteiger partial charge is 0.378 e. The van der Waals surface area contributed by atoms with E-state index in [0.717, 1.165) is 52.6 Å². The van der Waals surface area contributed by atoms with Crippen LogP contribution in [0.1, 0.15) is 10.4 Å². The van der Waals surface area contributed by atoms with Gasteiger partial charge in [0.15, 0.2) is 5.82 Å². The fourth-order valence-electron chi connectivity index (χ4n) is 3.82. The highest BCUT2D eigenvalue weighted by atomic mass is 16.5. The van der Waals surface area contributed by atoms with Crippen molar-refractivity contribution in [1.82, 2.24) is 14.5 Å². The molecule has 0 amide bonds. The van der Waals surface area contributed by atoms with Crippen LogP contribution >= 0.6 is 0 Å². The maximum Gasteiger partial charge on any atom is 0.162 e. The molecule has 6 heteroatoms.